The van der Waals surface area contributed by atoms with Gasteiger partial charge < -0.3 is 15.1 Å². The van der Waals surface area contributed by atoms with Gasteiger partial charge in [-0.05, 0) is 0 Å². The number of amides is 3. The van der Waals surface area contributed by atoms with Gasteiger partial charge in [0.25, 0.3) is 5.91 Å². The Balaban J connectivity index is 2.14. The summed E-state index contributed by atoms with van der Waals surface area (Å²) in [5, 5.41) is 4.20. The van der Waals surface area contributed by atoms with Gasteiger partial charge in [-0.15, -0.1) is 11.3 Å². The zero-order valence-corrected chi connectivity index (χ0v) is 12.1. The van der Waals surface area contributed by atoms with Gasteiger partial charge in [-0.25, -0.2) is 4.98 Å². The molecule has 1 saturated heterocycles. The molecule has 0 bridgehead atoms. The van der Waals surface area contributed by atoms with E-state index in [1.807, 2.05) is 0 Å². The SMILES string of the molecule is CNC(=O)[C@@H]1CN(C(=O)c2cscn2)CCN1C(C)=O. The van der Waals surface area contributed by atoms with Gasteiger partial charge in [0.15, 0.2) is 0 Å². The van der Waals surface area contributed by atoms with Crippen LogP contribution < -0.4 is 5.32 Å². The predicted octanol–water partition coefficient (Wildman–Crippen LogP) is -0.438. The van der Waals surface area contributed by atoms with Crippen molar-refractivity contribution >= 4 is 29.1 Å². The minimum atomic E-state index is -0.645. The lowest BCUT2D eigenvalue weighted by Crippen LogP contribution is -2.60. The Morgan fingerprint density at radius 2 is 2.15 bits per heavy atom. The summed E-state index contributed by atoms with van der Waals surface area (Å²) in [6, 6.07) is -0.645. The van der Waals surface area contributed by atoms with E-state index in [1.54, 1.807) is 15.8 Å². The van der Waals surface area contributed by atoms with Crippen LogP contribution in [0.2, 0.25) is 0 Å². The van der Waals surface area contributed by atoms with E-state index in [2.05, 4.69) is 10.3 Å². The summed E-state index contributed by atoms with van der Waals surface area (Å²) in [6.07, 6.45) is 0. The maximum absolute atomic E-state index is 12.2. The molecule has 1 aliphatic rings. The number of piperazine rings is 1. The number of rotatable bonds is 2. The fourth-order valence-electron chi connectivity index (χ4n) is 2.22. The van der Waals surface area contributed by atoms with Crippen molar-refractivity contribution in [2.45, 2.75) is 13.0 Å². The quantitative estimate of drug-likeness (QED) is 0.802. The molecule has 0 unspecified atom stereocenters. The third kappa shape index (κ3) is 2.79. The number of hydrogen-bond donors (Lipinski definition) is 1. The summed E-state index contributed by atoms with van der Waals surface area (Å²) >= 11 is 1.35. The predicted molar refractivity (Wildman–Crippen MR) is 73.3 cm³/mol. The number of likely N-dealkylation sites (N-methyl/N-ethyl adjacent to an activating group) is 1. The topological polar surface area (TPSA) is 82.6 Å². The third-order valence-electron chi connectivity index (χ3n) is 3.27. The standard InChI is InChI=1S/C12H16N4O3S/c1-8(17)16-4-3-15(5-10(16)11(18)13-2)12(19)9-6-20-7-14-9/h6-7,10H,3-5H2,1-2H3,(H,13,18)/t10-/m0/s1. The minimum Gasteiger partial charge on any atom is -0.357 e. The number of aromatic nitrogens is 1. The summed E-state index contributed by atoms with van der Waals surface area (Å²) in [7, 11) is 1.52. The average Bonchev–Trinajstić information content (AvgIpc) is 2.99. The summed E-state index contributed by atoms with van der Waals surface area (Å²) in [5.41, 5.74) is 1.97. The van der Waals surface area contributed by atoms with Crippen LogP contribution in [0.1, 0.15) is 17.4 Å². The van der Waals surface area contributed by atoms with Crippen molar-refractivity contribution in [1.29, 1.82) is 0 Å². The number of carbonyl (C=O) groups is 3. The van der Waals surface area contributed by atoms with Gasteiger partial charge >= 0.3 is 0 Å². The second-order valence-corrected chi connectivity index (χ2v) is 5.19. The molecule has 3 amide bonds. The van der Waals surface area contributed by atoms with E-state index < -0.39 is 6.04 Å². The van der Waals surface area contributed by atoms with Gasteiger partial charge in [-0.3, -0.25) is 14.4 Å². The first-order valence-corrected chi connectivity index (χ1v) is 7.15. The molecule has 20 heavy (non-hydrogen) atoms. The smallest absolute Gasteiger partial charge is 0.273 e. The van der Waals surface area contributed by atoms with Crippen LogP contribution in [-0.4, -0.2) is 65.2 Å². The van der Waals surface area contributed by atoms with Crippen molar-refractivity contribution in [3.63, 3.8) is 0 Å². The van der Waals surface area contributed by atoms with Gasteiger partial charge in [0.05, 0.1) is 12.1 Å². The molecular weight excluding hydrogens is 280 g/mol. The van der Waals surface area contributed by atoms with E-state index >= 15 is 0 Å². The second-order valence-electron chi connectivity index (χ2n) is 4.47. The van der Waals surface area contributed by atoms with E-state index in [1.165, 1.54) is 30.2 Å². The Morgan fingerprint density at radius 1 is 1.40 bits per heavy atom. The summed E-state index contributed by atoms with van der Waals surface area (Å²) in [4.78, 5) is 42.7. The van der Waals surface area contributed by atoms with Crippen molar-refractivity contribution in [2.75, 3.05) is 26.7 Å². The van der Waals surface area contributed by atoms with E-state index in [0.29, 0.717) is 18.8 Å². The van der Waals surface area contributed by atoms with Crippen molar-refractivity contribution in [3.8, 4) is 0 Å². The van der Waals surface area contributed by atoms with Gasteiger partial charge in [-0.2, -0.15) is 0 Å². The molecule has 0 aliphatic carbocycles. The number of thiazole rings is 1. The van der Waals surface area contributed by atoms with Crippen LogP contribution in [0.4, 0.5) is 0 Å². The fourth-order valence-corrected chi connectivity index (χ4v) is 2.74. The van der Waals surface area contributed by atoms with Crippen LogP contribution in [0.3, 0.4) is 0 Å². The largest absolute Gasteiger partial charge is 0.357 e. The van der Waals surface area contributed by atoms with Crippen LogP contribution in [0.5, 0.6) is 0 Å². The zero-order valence-electron chi connectivity index (χ0n) is 11.3. The monoisotopic (exact) mass is 296 g/mol. The molecule has 0 spiro atoms. The zero-order chi connectivity index (χ0) is 14.7. The molecule has 0 aromatic carbocycles. The molecule has 8 heteroatoms. The number of nitrogens with one attached hydrogen (secondary N) is 1. The van der Waals surface area contributed by atoms with Crippen LogP contribution in [-0.2, 0) is 9.59 Å². The molecule has 7 nitrogen and oxygen atoms in total. The van der Waals surface area contributed by atoms with E-state index in [9.17, 15) is 14.4 Å². The summed E-state index contributed by atoms with van der Waals surface area (Å²) in [6.45, 7) is 2.37. The highest BCUT2D eigenvalue weighted by Gasteiger charge is 2.35. The molecule has 1 N–H and O–H groups in total. The van der Waals surface area contributed by atoms with E-state index in [0.717, 1.165) is 0 Å². The maximum atomic E-state index is 12.2. The third-order valence-corrected chi connectivity index (χ3v) is 3.86. The van der Waals surface area contributed by atoms with Crippen LogP contribution >= 0.6 is 11.3 Å². The summed E-state index contributed by atoms with van der Waals surface area (Å²) in [5.74, 6) is -0.640. The maximum Gasteiger partial charge on any atom is 0.273 e. The van der Waals surface area contributed by atoms with Crippen LogP contribution in [0, 0.1) is 0 Å². The molecular formula is C12H16N4O3S. The number of nitrogens with zero attached hydrogens (tertiary/aromatic N) is 3. The lowest BCUT2D eigenvalue weighted by molar-refractivity contribution is -0.141. The Labute approximate surface area is 120 Å². The molecule has 1 atom stereocenters. The fraction of sp³-hybridized carbons (Fsp3) is 0.500. The number of hydrogen-bond acceptors (Lipinski definition) is 5. The molecule has 1 aromatic heterocycles. The van der Waals surface area contributed by atoms with Gasteiger partial charge in [0.2, 0.25) is 11.8 Å². The highest BCUT2D eigenvalue weighted by Crippen LogP contribution is 2.14. The first-order valence-electron chi connectivity index (χ1n) is 6.21. The normalized spacial score (nSPS) is 18.8. The molecule has 108 valence electrons. The van der Waals surface area contributed by atoms with E-state index in [-0.39, 0.29) is 24.3 Å². The molecule has 1 fully saturated rings. The van der Waals surface area contributed by atoms with E-state index in [4.69, 9.17) is 0 Å². The van der Waals surface area contributed by atoms with Crippen molar-refractivity contribution in [2.24, 2.45) is 0 Å². The van der Waals surface area contributed by atoms with Crippen molar-refractivity contribution in [3.05, 3.63) is 16.6 Å². The molecule has 1 aliphatic heterocycles. The molecule has 1 aromatic rings. The molecule has 0 radical (unpaired) electrons. The van der Waals surface area contributed by atoms with Gasteiger partial charge in [-0.1, -0.05) is 0 Å². The highest BCUT2D eigenvalue weighted by molar-refractivity contribution is 7.07. The second kappa shape index (κ2) is 6.00. The highest BCUT2D eigenvalue weighted by atomic mass is 32.1. The van der Waals surface area contributed by atoms with Crippen molar-refractivity contribution < 1.29 is 14.4 Å². The minimum absolute atomic E-state index is 0.167. The van der Waals surface area contributed by atoms with Crippen LogP contribution in [0.15, 0.2) is 10.9 Å². The first-order chi connectivity index (χ1) is 9.54. The Kier molecular flexibility index (Phi) is 4.33. The number of carbonyl (C=O) groups excluding carboxylic acids is 3. The lowest BCUT2D eigenvalue weighted by Gasteiger charge is -2.39. The summed E-state index contributed by atoms with van der Waals surface area (Å²) < 4.78 is 0. The molecule has 2 rings (SSSR count). The Bertz CT molecular complexity index is 517. The van der Waals surface area contributed by atoms with Crippen molar-refractivity contribution in [1.82, 2.24) is 20.1 Å². The van der Waals surface area contributed by atoms with Gasteiger partial charge in [0.1, 0.15) is 11.7 Å². The Morgan fingerprint density at radius 3 is 2.70 bits per heavy atom. The molecule has 0 saturated carbocycles. The van der Waals surface area contributed by atoms with Crippen LogP contribution in [0.25, 0.3) is 0 Å². The lowest BCUT2D eigenvalue weighted by atomic mass is 10.1. The first kappa shape index (κ1) is 14.4. The van der Waals surface area contributed by atoms with Gasteiger partial charge in [0, 0.05) is 32.4 Å². The molecule has 2 heterocycles. The Hall–Kier alpha value is -1.96. The average molecular weight is 296 g/mol.